The van der Waals surface area contributed by atoms with Gasteiger partial charge in [-0.25, -0.2) is 0 Å². The van der Waals surface area contributed by atoms with Crippen LogP contribution in [0.2, 0.25) is 0 Å². The summed E-state index contributed by atoms with van der Waals surface area (Å²) >= 11 is 0. The van der Waals surface area contributed by atoms with E-state index in [4.69, 9.17) is 0 Å². The van der Waals surface area contributed by atoms with Crippen molar-refractivity contribution in [3.63, 3.8) is 0 Å². The average molecular weight is 224 g/mol. The molecule has 2 atom stereocenters. The summed E-state index contributed by atoms with van der Waals surface area (Å²) in [5.74, 6) is 0.854. The first kappa shape index (κ1) is 12.4. The Kier molecular flexibility index (Phi) is 3.09. The number of hydrogen-bond donors (Lipinski definition) is 1. The van der Waals surface area contributed by atoms with Gasteiger partial charge in [0, 0.05) is 31.2 Å². The van der Waals surface area contributed by atoms with Crippen molar-refractivity contribution in [1.29, 1.82) is 0 Å². The quantitative estimate of drug-likeness (QED) is 0.736. The first-order valence-corrected chi connectivity index (χ1v) is 6.79. The minimum atomic E-state index is 0.331. The molecule has 16 heavy (non-hydrogen) atoms. The summed E-state index contributed by atoms with van der Waals surface area (Å²) in [6.45, 7) is 15.6. The molecule has 94 valence electrons. The Bertz CT molecular complexity index is 257. The molecule has 0 amide bonds. The molecule has 2 rings (SSSR count). The predicted octanol–water partition coefficient (Wildman–Crippen LogP) is 2.49. The molecular formula is C14H28N2. The van der Waals surface area contributed by atoms with Gasteiger partial charge in [0.25, 0.3) is 0 Å². The molecule has 1 N–H and O–H groups in total. The molecule has 1 aliphatic heterocycles. The van der Waals surface area contributed by atoms with E-state index in [0.29, 0.717) is 11.0 Å². The second-order valence-corrected chi connectivity index (χ2v) is 7.30. The van der Waals surface area contributed by atoms with Crippen LogP contribution >= 0.6 is 0 Å². The normalized spacial score (nSPS) is 38.8. The molecule has 0 aromatic heterocycles. The molecule has 1 aliphatic carbocycles. The molecule has 0 aromatic carbocycles. The largest absolute Gasteiger partial charge is 0.314 e. The van der Waals surface area contributed by atoms with Crippen molar-refractivity contribution < 1.29 is 0 Å². The zero-order valence-corrected chi connectivity index (χ0v) is 11.6. The predicted molar refractivity (Wildman–Crippen MR) is 69.6 cm³/mol. The van der Waals surface area contributed by atoms with Gasteiger partial charge in [-0.05, 0) is 38.0 Å². The highest BCUT2D eigenvalue weighted by atomic mass is 15.3. The Morgan fingerprint density at radius 2 is 1.81 bits per heavy atom. The maximum absolute atomic E-state index is 3.52. The van der Waals surface area contributed by atoms with Crippen LogP contribution in [0.3, 0.4) is 0 Å². The summed E-state index contributed by atoms with van der Waals surface area (Å²) in [6, 6.07) is 0.798. The lowest BCUT2D eigenvalue weighted by Gasteiger charge is -2.47. The SMILES string of the molecule is CC1CC(C)(C)CC1N1CCNCC1(C)C. The van der Waals surface area contributed by atoms with Crippen molar-refractivity contribution in [3.8, 4) is 0 Å². The third kappa shape index (κ3) is 2.28. The van der Waals surface area contributed by atoms with Crippen molar-refractivity contribution in [3.05, 3.63) is 0 Å². The molecule has 2 heteroatoms. The molecule has 2 unspecified atom stereocenters. The van der Waals surface area contributed by atoms with Crippen molar-refractivity contribution in [1.82, 2.24) is 10.2 Å². The van der Waals surface area contributed by atoms with Crippen LogP contribution in [-0.2, 0) is 0 Å². The molecule has 1 saturated heterocycles. The van der Waals surface area contributed by atoms with E-state index in [1.807, 2.05) is 0 Å². The number of nitrogens with one attached hydrogen (secondary N) is 1. The van der Waals surface area contributed by atoms with Crippen molar-refractivity contribution in [2.24, 2.45) is 11.3 Å². The Morgan fingerprint density at radius 1 is 1.12 bits per heavy atom. The lowest BCUT2D eigenvalue weighted by atomic mass is 9.90. The Labute approximate surface area is 101 Å². The van der Waals surface area contributed by atoms with Gasteiger partial charge in [-0.3, -0.25) is 4.90 Å². The molecule has 0 aromatic rings. The zero-order valence-electron chi connectivity index (χ0n) is 11.6. The Morgan fingerprint density at radius 3 is 2.31 bits per heavy atom. The van der Waals surface area contributed by atoms with E-state index in [0.717, 1.165) is 25.0 Å². The van der Waals surface area contributed by atoms with Crippen LogP contribution in [0.5, 0.6) is 0 Å². The van der Waals surface area contributed by atoms with Gasteiger partial charge in [0.05, 0.1) is 0 Å². The number of piperazine rings is 1. The van der Waals surface area contributed by atoms with Crippen LogP contribution in [0.4, 0.5) is 0 Å². The maximum atomic E-state index is 3.52. The van der Waals surface area contributed by atoms with E-state index in [2.05, 4.69) is 44.8 Å². The first-order valence-electron chi connectivity index (χ1n) is 6.79. The topological polar surface area (TPSA) is 15.3 Å². The Balaban J connectivity index is 2.12. The number of nitrogens with zero attached hydrogens (tertiary/aromatic N) is 1. The molecule has 0 spiro atoms. The van der Waals surface area contributed by atoms with Gasteiger partial charge in [0.1, 0.15) is 0 Å². The minimum Gasteiger partial charge on any atom is -0.314 e. The smallest absolute Gasteiger partial charge is 0.0281 e. The summed E-state index contributed by atoms with van der Waals surface area (Å²) in [5, 5.41) is 3.52. The fourth-order valence-electron chi connectivity index (χ4n) is 3.89. The zero-order chi connectivity index (χ0) is 12.0. The van der Waals surface area contributed by atoms with Crippen LogP contribution in [0.15, 0.2) is 0 Å². The number of rotatable bonds is 1. The summed E-state index contributed by atoms with van der Waals surface area (Å²) in [6.07, 6.45) is 2.76. The molecule has 1 saturated carbocycles. The summed E-state index contributed by atoms with van der Waals surface area (Å²) < 4.78 is 0. The molecule has 2 aliphatic rings. The minimum absolute atomic E-state index is 0.331. The second-order valence-electron chi connectivity index (χ2n) is 7.30. The van der Waals surface area contributed by atoms with Crippen LogP contribution < -0.4 is 5.32 Å². The van der Waals surface area contributed by atoms with Crippen LogP contribution in [0.1, 0.15) is 47.5 Å². The van der Waals surface area contributed by atoms with Crippen LogP contribution in [0, 0.1) is 11.3 Å². The van der Waals surface area contributed by atoms with Crippen molar-refractivity contribution in [2.45, 2.75) is 59.0 Å². The highest BCUT2D eigenvalue weighted by Crippen LogP contribution is 2.44. The Hall–Kier alpha value is -0.0800. The third-order valence-electron chi connectivity index (χ3n) is 4.56. The van der Waals surface area contributed by atoms with Gasteiger partial charge in [-0.1, -0.05) is 20.8 Å². The van der Waals surface area contributed by atoms with E-state index in [1.54, 1.807) is 0 Å². The summed E-state index contributed by atoms with van der Waals surface area (Å²) in [7, 11) is 0. The number of hydrogen-bond acceptors (Lipinski definition) is 2. The average Bonchev–Trinajstić information content (AvgIpc) is 2.39. The second kappa shape index (κ2) is 3.99. The van der Waals surface area contributed by atoms with Gasteiger partial charge >= 0.3 is 0 Å². The van der Waals surface area contributed by atoms with Crippen LogP contribution in [-0.4, -0.2) is 36.1 Å². The first-order chi connectivity index (χ1) is 7.32. The van der Waals surface area contributed by atoms with E-state index in [-0.39, 0.29) is 0 Å². The van der Waals surface area contributed by atoms with Crippen molar-refractivity contribution in [2.75, 3.05) is 19.6 Å². The fraction of sp³-hybridized carbons (Fsp3) is 1.00. The maximum Gasteiger partial charge on any atom is 0.0281 e. The lowest BCUT2D eigenvalue weighted by Crippen LogP contribution is -2.61. The molecule has 2 nitrogen and oxygen atoms in total. The van der Waals surface area contributed by atoms with E-state index in [1.165, 1.54) is 19.4 Å². The molecular weight excluding hydrogens is 196 g/mol. The van der Waals surface area contributed by atoms with E-state index < -0.39 is 0 Å². The highest BCUT2D eigenvalue weighted by molar-refractivity contribution is 4.99. The molecule has 0 bridgehead atoms. The lowest BCUT2D eigenvalue weighted by molar-refractivity contribution is 0.0290. The summed E-state index contributed by atoms with van der Waals surface area (Å²) in [4.78, 5) is 2.77. The van der Waals surface area contributed by atoms with Gasteiger partial charge in [0.2, 0.25) is 0 Å². The molecule has 2 fully saturated rings. The van der Waals surface area contributed by atoms with E-state index in [9.17, 15) is 0 Å². The third-order valence-corrected chi connectivity index (χ3v) is 4.56. The standard InChI is InChI=1S/C14H28N2/c1-11-8-13(2,3)9-12(11)16-7-6-15-10-14(16,4)5/h11-12,15H,6-10H2,1-5H3. The summed E-state index contributed by atoms with van der Waals surface area (Å²) in [5.41, 5.74) is 0.878. The monoisotopic (exact) mass is 224 g/mol. The van der Waals surface area contributed by atoms with Gasteiger partial charge < -0.3 is 5.32 Å². The fourth-order valence-corrected chi connectivity index (χ4v) is 3.89. The van der Waals surface area contributed by atoms with Gasteiger partial charge in [-0.15, -0.1) is 0 Å². The van der Waals surface area contributed by atoms with Crippen LogP contribution in [0.25, 0.3) is 0 Å². The van der Waals surface area contributed by atoms with Crippen molar-refractivity contribution >= 4 is 0 Å². The highest BCUT2D eigenvalue weighted by Gasteiger charge is 2.44. The molecule has 1 heterocycles. The van der Waals surface area contributed by atoms with E-state index >= 15 is 0 Å². The van der Waals surface area contributed by atoms with Gasteiger partial charge in [0.15, 0.2) is 0 Å². The van der Waals surface area contributed by atoms with Gasteiger partial charge in [-0.2, -0.15) is 0 Å². The molecule has 0 radical (unpaired) electrons.